The monoisotopic (exact) mass is 265 g/mol. The van der Waals surface area contributed by atoms with Crippen LogP contribution in [0.5, 0.6) is 0 Å². The molecule has 1 rings (SSSR count). The third-order valence-corrected chi connectivity index (χ3v) is 3.38. The number of carbonyl (C=O) groups excluding carboxylic acids is 1. The lowest BCUT2D eigenvalue weighted by atomic mass is 10.0. The normalized spacial score (nSPS) is 11.1. The minimum absolute atomic E-state index is 0.0678. The van der Waals surface area contributed by atoms with Crippen LogP contribution in [0.4, 0.5) is 0 Å². The van der Waals surface area contributed by atoms with E-state index in [1.54, 1.807) is 6.08 Å². The fraction of sp³-hybridized carbons (Fsp3) is 0.400. The third-order valence-electron chi connectivity index (χ3n) is 3.04. The number of hydrogen-bond acceptors (Lipinski definition) is 1. The number of benzene rings is 1. The van der Waals surface area contributed by atoms with Crippen LogP contribution in [0, 0.1) is 5.92 Å². The standard InChI is InChI=1S/C15H20ClNO/c1-3-12(4-2)11-17-15(18)10-9-13-7-5-6-8-14(13)16/h5-10,12H,3-4,11H2,1-2H3,(H,17,18)/b10-9+. The molecule has 0 fully saturated rings. The van der Waals surface area contributed by atoms with Crippen LogP contribution in [0.2, 0.25) is 5.02 Å². The van der Waals surface area contributed by atoms with Crippen LogP contribution in [0.15, 0.2) is 30.3 Å². The van der Waals surface area contributed by atoms with E-state index in [2.05, 4.69) is 19.2 Å². The van der Waals surface area contributed by atoms with Gasteiger partial charge in [-0.15, -0.1) is 0 Å². The Hall–Kier alpha value is -1.28. The van der Waals surface area contributed by atoms with Crippen molar-refractivity contribution in [2.24, 2.45) is 5.92 Å². The van der Waals surface area contributed by atoms with Crippen LogP contribution in [0.1, 0.15) is 32.3 Å². The number of nitrogens with one attached hydrogen (secondary N) is 1. The Bertz CT molecular complexity index is 411. The lowest BCUT2D eigenvalue weighted by Gasteiger charge is -2.11. The van der Waals surface area contributed by atoms with E-state index in [4.69, 9.17) is 11.6 Å². The van der Waals surface area contributed by atoms with E-state index in [-0.39, 0.29) is 5.91 Å². The summed E-state index contributed by atoms with van der Waals surface area (Å²) < 4.78 is 0. The van der Waals surface area contributed by atoms with Crippen molar-refractivity contribution < 1.29 is 4.79 Å². The number of hydrogen-bond donors (Lipinski definition) is 1. The highest BCUT2D eigenvalue weighted by Crippen LogP contribution is 2.16. The van der Waals surface area contributed by atoms with E-state index in [1.165, 1.54) is 6.08 Å². The molecule has 0 aromatic heterocycles. The van der Waals surface area contributed by atoms with Gasteiger partial charge in [0.2, 0.25) is 5.91 Å². The Balaban J connectivity index is 2.47. The Kier molecular flexibility index (Phi) is 6.51. The summed E-state index contributed by atoms with van der Waals surface area (Å²) in [7, 11) is 0. The van der Waals surface area contributed by atoms with Gasteiger partial charge >= 0.3 is 0 Å². The van der Waals surface area contributed by atoms with Crippen LogP contribution in [-0.2, 0) is 4.79 Å². The van der Waals surface area contributed by atoms with Gasteiger partial charge in [-0.25, -0.2) is 0 Å². The minimum Gasteiger partial charge on any atom is -0.352 e. The fourth-order valence-electron chi connectivity index (χ4n) is 1.66. The molecule has 0 unspecified atom stereocenters. The Labute approximate surface area is 114 Å². The Morgan fingerprint density at radius 2 is 2.00 bits per heavy atom. The van der Waals surface area contributed by atoms with E-state index >= 15 is 0 Å². The minimum atomic E-state index is -0.0678. The molecule has 0 aliphatic heterocycles. The SMILES string of the molecule is CCC(CC)CNC(=O)/C=C/c1ccccc1Cl. The third kappa shape index (κ3) is 4.92. The summed E-state index contributed by atoms with van der Waals surface area (Å²) in [4.78, 5) is 11.6. The van der Waals surface area contributed by atoms with Gasteiger partial charge in [0.25, 0.3) is 0 Å². The topological polar surface area (TPSA) is 29.1 Å². The van der Waals surface area contributed by atoms with Gasteiger partial charge in [-0.1, -0.05) is 56.5 Å². The summed E-state index contributed by atoms with van der Waals surface area (Å²) in [6.07, 6.45) is 5.45. The molecule has 98 valence electrons. The van der Waals surface area contributed by atoms with Gasteiger partial charge in [-0.2, -0.15) is 0 Å². The lowest BCUT2D eigenvalue weighted by Crippen LogP contribution is -2.27. The van der Waals surface area contributed by atoms with Crippen molar-refractivity contribution in [3.63, 3.8) is 0 Å². The zero-order chi connectivity index (χ0) is 13.4. The molecule has 0 heterocycles. The molecule has 0 spiro atoms. The average molecular weight is 266 g/mol. The van der Waals surface area contributed by atoms with Gasteiger partial charge in [0.1, 0.15) is 0 Å². The van der Waals surface area contributed by atoms with Gasteiger partial charge in [0.15, 0.2) is 0 Å². The summed E-state index contributed by atoms with van der Waals surface area (Å²) in [5.74, 6) is 0.490. The number of halogens is 1. The van der Waals surface area contributed by atoms with Gasteiger partial charge in [-0.05, 0) is 23.6 Å². The highest BCUT2D eigenvalue weighted by molar-refractivity contribution is 6.32. The quantitative estimate of drug-likeness (QED) is 0.777. The van der Waals surface area contributed by atoms with E-state index in [1.807, 2.05) is 24.3 Å². The first-order valence-corrected chi connectivity index (χ1v) is 6.75. The van der Waals surface area contributed by atoms with Crippen molar-refractivity contribution in [3.05, 3.63) is 40.9 Å². The second-order valence-corrected chi connectivity index (χ2v) is 4.69. The molecule has 1 aromatic rings. The molecule has 0 aliphatic rings. The van der Waals surface area contributed by atoms with E-state index in [9.17, 15) is 4.79 Å². The van der Waals surface area contributed by atoms with Crippen molar-refractivity contribution in [2.75, 3.05) is 6.54 Å². The molecule has 1 N–H and O–H groups in total. The second-order valence-electron chi connectivity index (χ2n) is 4.28. The van der Waals surface area contributed by atoms with E-state index in [0.717, 1.165) is 24.9 Å². The first-order chi connectivity index (χ1) is 8.67. The first kappa shape index (κ1) is 14.8. The maximum atomic E-state index is 11.6. The van der Waals surface area contributed by atoms with Gasteiger partial charge in [0.05, 0.1) is 0 Å². The lowest BCUT2D eigenvalue weighted by molar-refractivity contribution is -0.116. The molecular formula is C15H20ClNO. The van der Waals surface area contributed by atoms with Crippen molar-refractivity contribution in [1.82, 2.24) is 5.32 Å². The molecule has 1 aromatic carbocycles. The molecule has 0 saturated carbocycles. The van der Waals surface area contributed by atoms with Gasteiger partial charge < -0.3 is 5.32 Å². The summed E-state index contributed by atoms with van der Waals surface area (Å²) in [6, 6.07) is 7.46. The number of rotatable bonds is 6. The molecule has 0 aliphatic carbocycles. The molecule has 18 heavy (non-hydrogen) atoms. The second kappa shape index (κ2) is 7.93. The maximum Gasteiger partial charge on any atom is 0.244 e. The number of carbonyl (C=O) groups is 1. The largest absolute Gasteiger partial charge is 0.352 e. The van der Waals surface area contributed by atoms with Crippen LogP contribution in [0.25, 0.3) is 6.08 Å². The van der Waals surface area contributed by atoms with Crippen LogP contribution >= 0.6 is 11.6 Å². The predicted molar refractivity (Wildman–Crippen MR) is 77.6 cm³/mol. The van der Waals surface area contributed by atoms with Crippen LogP contribution in [0.3, 0.4) is 0 Å². The summed E-state index contributed by atoms with van der Waals surface area (Å²) in [5, 5.41) is 3.56. The molecule has 0 radical (unpaired) electrons. The van der Waals surface area contributed by atoms with Crippen molar-refractivity contribution >= 4 is 23.6 Å². The highest BCUT2D eigenvalue weighted by atomic mass is 35.5. The maximum absolute atomic E-state index is 11.6. The van der Waals surface area contributed by atoms with Crippen LogP contribution in [-0.4, -0.2) is 12.5 Å². The Morgan fingerprint density at radius 3 is 2.61 bits per heavy atom. The zero-order valence-corrected chi connectivity index (χ0v) is 11.7. The molecular weight excluding hydrogens is 246 g/mol. The van der Waals surface area contributed by atoms with Crippen molar-refractivity contribution in [1.29, 1.82) is 0 Å². The zero-order valence-electron chi connectivity index (χ0n) is 10.9. The molecule has 2 nitrogen and oxygen atoms in total. The van der Waals surface area contributed by atoms with Crippen molar-refractivity contribution in [2.45, 2.75) is 26.7 Å². The molecule has 0 atom stereocenters. The first-order valence-electron chi connectivity index (χ1n) is 6.37. The summed E-state index contributed by atoms with van der Waals surface area (Å²) in [6.45, 7) is 5.01. The van der Waals surface area contributed by atoms with Crippen LogP contribution < -0.4 is 5.32 Å². The molecule has 3 heteroatoms. The summed E-state index contributed by atoms with van der Waals surface area (Å²) >= 11 is 6.00. The van der Waals surface area contributed by atoms with Gasteiger partial charge in [-0.3, -0.25) is 4.79 Å². The Morgan fingerprint density at radius 1 is 1.33 bits per heavy atom. The molecule has 0 saturated heterocycles. The summed E-state index contributed by atoms with van der Waals surface area (Å²) in [5.41, 5.74) is 0.858. The smallest absolute Gasteiger partial charge is 0.244 e. The average Bonchev–Trinajstić information content (AvgIpc) is 2.39. The fourth-order valence-corrected chi connectivity index (χ4v) is 1.86. The van der Waals surface area contributed by atoms with Gasteiger partial charge in [0, 0.05) is 17.6 Å². The predicted octanol–water partition coefficient (Wildman–Crippen LogP) is 3.91. The number of amides is 1. The van der Waals surface area contributed by atoms with E-state index in [0.29, 0.717) is 10.9 Å². The molecule has 1 amide bonds. The molecule has 0 bridgehead atoms. The van der Waals surface area contributed by atoms with Crippen molar-refractivity contribution in [3.8, 4) is 0 Å². The highest BCUT2D eigenvalue weighted by Gasteiger charge is 2.04. The van der Waals surface area contributed by atoms with E-state index < -0.39 is 0 Å².